The Balaban J connectivity index is 2.00. The summed E-state index contributed by atoms with van der Waals surface area (Å²) in [5, 5.41) is 16.8. The molecule has 0 fully saturated rings. The number of nitriles is 1. The van der Waals surface area contributed by atoms with Gasteiger partial charge in [-0.1, -0.05) is 46.3 Å². The number of benzene rings is 2. The van der Waals surface area contributed by atoms with Gasteiger partial charge in [-0.25, -0.2) is 4.39 Å². The number of ether oxygens (including phenoxy) is 1. The molecule has 7 heteroatoms. The van der Waals surface area contributed by atoms with E-state index in [0.717, 1.165) is 5.56 Å². The van der Waals surface area contributed by atoms with Crippen molar-refractivity contribution in [2.45, 2.75) is 5.92 Å². The van der Waals surface area contributed by atoms with Gasteiger partial charge >= 0.3 is 0 Å². The van der Waals surface area contributed by atoms with E-state index in [4.69, 9.17) is 10.5 Å². The number of hydrogen-bond acceptors (Lipinski definition) is 4. The van der Waals surface area contributed by atoms with Crippen molar-refractivity contribution in [1.82, 2.24) is 10.2 Å². The Morgan fingerprint density at radius 2 is 2.00 bits per heavy atom. The van der Waals surface area contributed by atoms with Crippen molar-refractivity contribution in [1.29, 1.82) is 5.26 Å². The second kappa shape index (κ2) is 6.32. The lowest BCUT2D eigenvalue weighted by atomic mass is 9.83. The molecule has 3 N–H and O–H groups in total. The topological polar surface area (TPSA) is 87.7 Å². The summed E-state index contributed by atoms with van der Waals surface area (Å²) in [6.07, 6.45) is 0. The predicted octanol–water partition coefficient (Wildman–Crippen LogP) is 4.20. The monoisotopic (exact) mass is 410 g/mol. The van der Waals surface area contributed by atoms with Gasteiger partial charge in [0.15, 0.2) is 0 Å². The maximum Gasteiger partial charge on any atom is 0.244 e. The number of H-pyrrole nitrogens is 1. The van der Waals surface area contributed by atoms with Gasteiger partial charge in [-0.2, -0.15) is 5.26 Å². The highest BCUT2D eigenvalue weighted by Gasteiger charge is 2.37. The van der Waals surface area contributed by atoms with Crippen LogP contribution in [0.25, 0.3) is 11.3 Å². The number of rotatable bonds is 2. The average Bonchev–Trinajstić information content (AvgIpc) is 3.06. The van der Waals surface area contributed by atoms with Gasteiger partial charge in [0.05, 0.1) is 17.2 Å². The van der Waals surface area contributed by atoms with E-state index in [1.807, 2.05) is 30.3 Å². The highest BCUT2D eigenvalue weighted by atomic mass is 79.9. The first-order valence-electron chi connectivity index (χ1n) is 7.76. The fourth-order valence-corrected chi connectivity index (χ4v) is 3.50. The molecule has 0 saturated carbocycles. The first-order valence-corrected chi connectivity index (χ1v) is 8.55. The third kappa shape index (κ3) is 2.55. The number of fused-ring (bicyclic) bond motifs is 1. The molecule has 3 aromatic rings. The quantitative estimate of drug-likeness (QED) is 0.662. The number of hydrogen-bond donors (Lipinski definition) is 2. The van der Waals surface area contributed by atoms with Crippen LogP contribution < -0.4 is 10.5 Å². The molecular formula is C19H12BrFN4O. The molecule has 1 atom stereocenters. The molecule has 0 spiro atoms. The second-order valence-corrected chi connectivity index (χ2v) is 6.69. The van der Waals surface area contributed by atoms with Crippen LogP contribution in [-0.4, -0.2) is 10.2 Å². The highest BCUT2D eigenvalue weighted by molar-refractivity contribution is 9.10. The van der Waals surface area contributed by atoms with Crippen LogP contribution in [0, 0.1) is 17.1 Å². The van der Waals surface area contributed by atoms with Crippen molar-refractivity contribution in [2.24, 2.45) is 5.73 Å². The predicted molar refractivity (Wildman–Crippen MR) is 97.4 cm³/mol. The number of aromatic amines is 1. The molecular weight excluding hydrogens is 399 g/mol. The zero-order valence-electron chi connectivity index (χ0n) is 13.3. The molecule has 26 heavy (non-hydrogen) atoms. The van der Waals surface area contributed by atoms with Gasteiger partial charge in [-0.05, 0) is 23.8 Å². The van der Waals surface area contributed by atoms with Crippen LogP contribution in [0.4, 0.5) is 4.39 Å². The molecule has 1 unspecified atom stereocenters. The van der Waals surface area contributed by atoms with Crippen molar-refractivity contribution < 1.29 is 9.13 Å². The van der Waals surface area contributed by atoms with E-state index in [9.17, 15) is 9.65 Å². The van der Waals surface area contributed by atoms with Crippen LogP contribution >= 0.6 is 15.9 Å². The summed E-state index contributed by atoms with van der Waals surface area (Å²) in [4.78, 5) is 0. The maximum atomic E-state index is 14.7. The molecule has 4 rings (SSSR count). The summed E-state index contributed by atoms with van der Waals surface area (Å²) in [6.45, 7) is 0. The van der Waals surface area contributed by atoms with Crippen molar-refractivity contribution in [3.8, 4) is 23.2 Å². The van der Waals surface area contributed by atoms with E-state index in [-0.39, 0.29) is 17.3 Å². The first-order chi connectivity index (χ1) is 12.6. The van der Waals surface area contributed by atoms with Gasteiger partial charge in [0.25, 0.3) is 0 Å². The third-order valence-electron chi connectivity index (χ3n) is 4.27. The summed E-state index contributed by atoms with van der Waals surface area (Å²) in [7, 11) is 0. The summed E-state index contributed by atoms with van der Waals surface area (Å²) in [6, 6.07) is 16.1. The first kappa shape index (κ1) is 16.4. The molecule has 0 radical (unpaired) electrons. The van der Waals surface area contributed by atoms with Gasteiger partial charge in [0, 0.05) is 10.0 Å². The summed E-state index contributed by atoms with van der Waals surface area (Å²) >= 11 is 3.36. The smallest absolute Gasteiger partial charge is 0.244 e. The minimum Gasteiger partial charge on any atom is -0.420 e. The molecule has 128 valence electrons. The van der Waals surface area contributed by atoms with Crippen LogP contribution in [0.3, 0.4) is 0 Å². The number of nitrogens with one attached hydrogen (secondary N) is 1. The Labute approximate surface area is 157 Å². The van der Waals surface area contributed by atoms with E-state index < -0.39 is 11.7 Å². The van der Waals surface area contributed by atoms with E-state index in [2.05, 4.69) is 32.2 Å². The molecule has 2 heterocycles. The van der Waals surface area contributed by atoms with Crippen molar-refractivity contribution >= 4 is 15.9 Å². The molecule has 2 aromatic carbocycles. The minimum atomic E-state index is -0.727. The summed E-state index contributed by atoms with van der Waals surface area (Å²) in [5.41, 5.74) is 8.47. The number of nitrogens with two attached hydrogens (primary N) is 1. The average molecular weight is 411 g/mol. The number of nitrogens with zero attached hydrogens (tertiary/aromatic N) is 2. The van der Waals surface area contributed by atoms with Gasteiger partial charge in [0.1, 0.15) is 17.5 Å². The Morgan fingerprint density at radius 1 is 1.23 bits per heavy atom. The largest absolute Gasteiger partial charge is 0.420 e. The lowest BCUT2D eigenvalue weighted by Gasteiger charge is -2.24. The minimum absolute atomic E-state index is 0.0736. The Bertz CT molecular complexity index is 1070. The zero-order valence-corrected chi connectivity index (χ0v) is 14.9. The number of aromatic nitrogens is 2. The van der Waals surface area contributed by atoms with Crippen LogP contribution in [-0.2, 0) is 0 Å². The molecule has 0 amide bonds. The zero-order chi connectivity index (χ0) is 18.3. The van der Waals surface area contributed by atoms with E-state index in [1.165, 1.54) is 6.07 Å². The standard InChI is InChI=1S/C19H12BrFN4O/c20-11-6-7-14(21)12(8-11)15-13(9-22)18(23)26-19-16(15)17(24-25-19)10-4-2-1-3-5-10/h1-8,15H,23H2,(H,24,25). The SMILES string of the molecule is N#CC1=C(N)Oc2n[nH]c(-c3ccccc3)c2C1c1cc(Br)ccc1F. The summed E-state index contributed by atoms with van der Waals surface area (Å²) in [5.74, 6) is -0.998. The summed E-state index contributed by atoms with van der Waals surface area (Å²) < 4.78 is 20.9. The van der Waals surface area contributed by atoms with E-state index in [0.29, 0.717) is 21.3 Å². The lowest BCUT2D eigenvalue weighted by Crippen LogP contribution is -2.21. The van der Waals surface area contributed by atoms with Gasteiger partial charge in [0.2, 0.25) is 11.8 Å². The lowest BCUT2D eigenvalue weighted by molar-refractivity contribution is 0.378. The normalized spacial score (nSPS) is 16.0. The van der Waals surface area contributed by atoms with Crippen LogP contribution in [0.1, 0.15) is 17.0 Å². The third-order valence-corrected chi connectivity index (χ3v) is 4.76. The van der Waals surface area contributed by atoms with Crippen LogP contribution in [0.2, 0.25) is 0 Å². The number of halogens is 2. The molecule has 1 aromatic heterocycles. The molecule has 1 aliphatic heterocycles. The fourth-order valence-electron chi connectivity index (χ4n) is 3.12. The Morgan fingerprint density at radius 3 is 2.73 bits per heavy atom. The van der Waals surface area contributed by atoms with Crippen LogP contribution in [0.5, 0.6) is 5.88 Å². The Kier molecular flexibility index (Phi) is 3.98. The van der Waals surface area contributed by atoms with Gasteiger partial charge in [-0.15, -0.1) is 5.10 Å². The van der Waals surface area contributed by atoms with Crippen LogP contribution in [0.15, 0.2) is 64.5 Å². The number of allylic oxidation sites excluding steroid dienone is 1. The fraction of sp³-hybridized carbons (Fsp3) is 0.0526. The molecule has 0 saturated heterocycles. The van der Waals surface area contributed by atoms with Crippen molar-refractivity contribution in [3.63, 3.8) is 0 Å². The maximum absolute atomic E-state index is 14.7. The van der Waals surface area contributed by atoms with Gasteiger partial charge in [-0.3, -0.25) is 5.10 Å². The second-order valence-electron chi connectivity index (χ2n) is 5.77. The molecule has 0 aliphatic carbocycles. The van der Waals surface area contributed by atoms with Crippen molar-refractivity contribution in [3.05, 3.63) is 81.4 Å². The van der Waals surface area contributed by atoms with E-state index in [1.54, 1.807) is 12.1 Å². The van der Waals surface area contributed by atoms with Gasteiger partial charge < -0.3 is 10.5 Å². The van der Waals surface area contributed by atoms with E-state index >= 15 is 0 Å². The highest BCUT2D eigenvalue weighted by Crippen LogP contribution is 2.46. The molecule has 5 nitrogen and oxygen atoms in total. The van der Waals surface area contributed by atoms with Crippen molar-refractivity contribution in [2.75, 3.05) is 0 Å². The molecule has 0 bridgehead atoms. The Hall–Kier alpha value is -3.11. The molecule has 1 aliphatic rings.